The molecule has 4 heteroatoms. The van der Waals surface area contributed by atoms with E-state index < -0.39 is 0 Å². The van der Waals surface area contributed by atoms with E-state index in [1.54, 1.807) is 0 Å². The van der Waals surface area contributed by atoms with Gasteiger partial charge in [0.25, 0.3) is 0 Å². The molecule has 1 aliphatic heterocycles. The fourth-order valence-electron chi connectivity index (χ4n) is 2.38. The number of nitrogens with zero attached hydrogens (tertiary/aromatic N) is 1. The minimum Gasteiger partial charge on any atom is -0.469 e. The molecule has 0 radical (unpaired) electrons. The van der Waals surface area contributed by atoms with Crippen molar-refractivity contribution in [1.82, 2.24) is 4.90 Å². The van der Waals surface area contributed by atoms with Crippen LogP contribution < -0.4 is 0 Å². The summed E-state index contributed by atoms with van der Waals surface area (Å²) in [5, 5.41) is 0. The molecule has 1 heterocycles. The van der Waals surface area contributed by atoms with Gasteiger partial charge in [0, 0.05) is 25.8 Å². The zero-order valence-electron chi connectivity index (χ0n) is 11.1. The van der Waals surface area contributed by atoms with Crippen LogP contribution in [0, 0.1) is 0 Å². The number of carbonyl (C=O) groups is 1. The van der Waals surface area contributed by atoms with E-state index in [0.717, 1.165) is 39.1 Å². The largest absolute Gasteiger partial charge is 0.469 e. The molecule has 0 N–H and O–H groups in total. The Morgan fingerprint density at radius 1 is 1.41 bits per heavy atom. The fraction of sp³-hybridized carbons (Fsp3) is 0.923. The normalized spacial score (nSPS) is 21.4. The lowest BCUT2D eigenvalue weighted by atomic mass is 9.99. The lowest BCUT2D eigenvalue weighted by molar-refractivity contribution is -0.142. The molecule has 17 heavy (non-hydrogen) atoms. The molecule has 0 spiro atoms. The van der Waals surface area contributed by atoms with Crippen LogP contribution in [0.25, 0.3) is 0 Å². The Kier molecular flexibility index (Phi) is 7.21. The second-order valence-electron chi connectivity index (χ2n) is 4.52. The standard InChI is InChI=1S/C13H25NO3/c1-3-17-10-6-9-14-8-5-4-7-12(14)11-13(15)16-2/h12H,3-11H2,1-2H3. The van der Waals surface area contributed by atoms with Crippen LogP contribution in [-0.2, 0) is 14.3 Å². The number of hydrogen-bond donors (Lipinski definition) is 0. The van der Waals surface area contributed by atoms with Gasteiger partial charge in [0.05, 0.1) is 13.5 Å². The molecule has 0 aromatic carbocycles. The van der Waals surface area contributed by atoms with E-state index in [2.05, 4.69) is 4.90 Å². The van der Waals surface area contributed by atoms with Crippen molar-refractivity contribution < 1.29 is 14.3 Å². The van der Waals surface area contributed by atoms with E-state index >= 15 is 0 Å². The first kappa shape index (κ1) is 14.5. The molecule has 1 aliphatic rings. The molecular formula is C13H25NO3. The highest BCUT2D eigenvalue weighted by molar-refractivity contribution is 5.69. The topological polar surface area (TPSA) is 38.8 Å². The highest BCUT2D eigenvalue weighted by Gasteiger charge is 2.24. The maximum Gasteiger partial charge on any atom is 0.307 e. The summed E-state index contributed by atoms with van der Waals surface area (Å²) in [6.45, 7) is 5.75. The number of ether oxygens (including phenoxy) is 2. The maximum absolute atomic E-state index is 11.3. The molecule has 1 atom stereocenters. The molecule has 1 fully saturated rings. The average molecular weight is 243 g/mol. The van der Waals surface area contributed by atoms with Crippen LogP contribution in [0.5, 0.6) is 0 Å². The molecule has 0 aliphatic carbocycles. The predicted octanol–water partition coefficient (Wildman–Crippen LogP) is 1.83. The molecule has 0 aromatic rings. The summed E-state index contributed by atoms with van der Waals surface area (Å²) in [4.78, 5) is 13.7. The number of piperidine rings is 1. The smallest absolute Gasteiger partial charge is 0.307 e. The third-order valence-corrected chi connectivity index (χ3v) is 3.32. The SMILES string of the molecule is CCOCCCN1CCCCC1CC(=O)OC. The minimum atomic E-state index is -0.0910. The van der Waals surface area contributed by atoms with E-state index in [-0.39, 0.29) is 5.97 Å². The maximum atomic E-state index is 11.3. The number of rotatable bonds is 7. The van der Waals surface area contributed by atoms with Gasteiger partial charge in [-0.05, 0) is 32.7 Å². The Morgan fingerprint density at radius 2 is 2.24 bits per heavy atom. The van der Waals surface area contributed by atoms with Crippen LogP contribution in [-0.4, -0.2) is 50.3 Å². The summed E-state index contributed by atoms with van der Waals surface area (Å²) in [5.41, 5.74) is 0. The first-order valence-electron chi connectivity index (χ1n) is 6.66. The zero-order valence-corrected chi connectivity index (χ0v) is 11.1. The quantitative estimate of drug-likeness (QED) is 0.505. The van der Waals surface area contributed by atoms with E-state index in [4.69, 9.17) is 9.47 Å². The summed E-state index contributed by atoms with van der Waals surface area (Å²) < 4.78 is 10.1. The molecule has 1 rings (SSSR count). The number of esters is 1. The predicted molar refractivity (Wildman–Crippen MR) is 67.0 cm³/mol. The van der Waals surface area contributed by atoms with Gasteiger partial charge in [-0.2, -0.15) is 0 Å². The molecule has 1 unspecified atom stereocenters. The van der Waals surface area contributed by atoms with Crippen molar-refractivity contribution >= 4 is 5.97 Å². The average Bonchev–Trinajstić information content (AvgIpc) is 2.36. The molecule has 100 valence electrons. The second-order valence-corrected chi connectivity index (χ2v) is 4.52. The summed E-state index contributed by atoms with van der Waals surface area (Å²) in [6, 6.07) is 0.373. The van der Waals surface area contributed by atoms with E-state index in [1.807, 2.05) is 6.92 Å². The van der Waals surface area contributed by atoms with Crippen LogP contribution >= 0.6 is 0 Å². The molecule has 0 bridgehead atoms. The Morgan fingerprint density at radius 3 is 2.94 bits per heavy atom. The molecular weight excluding hydrogens is 218 g/mol. The van der Waals surface area contributed by atoms with Gasteiger partial charge < -0.3 is 9.47 Å². The Balaban J connectivity index is 2.29. The third kappa shape index (κ3) is 5.50. The highest BCUT2D eigenvalue weighted by Crippen LogP contribution is 2.20. The fourth-order valence-corrected chi connectivity index (χ4v) is 2.38. The second kappa shape index (κ2) is 8.48. The van der Waals surface area contributed by atoms with Crippen molar-refractivity contribution in [3.63, 3.8) is 0 Å². The molecule has 1 saturated heterocycles. The Bertz CT molecular complexity index is 221. The summed E-state index contributed by atoms with van der Waals surface area (Å²) in [5.74, 6) is -0.0910. The van der Waals surface area contributed by atoms with Gasteiger partial charge in [-0.1, -0.05) is 6.42 Å². The molecule has 0 saturated carbocycles. The number of hydrogen-bond acceptors (Lipinski definition) is 4. The highest BCUT2D eigenvalue weighted by atomic mass is 16.5. The summed E-state index contributed by atoms with van der Waals surface area (Å²) >= 11 is 0. The van der Waals surface area contributed by atoms with Crippen molar-refractivity contribution in [2.75, 3.05) is 33.4 Å². The van der Waals surface area contributed by atoms with Crippen molar-refractivity contribution in [2.24, 2.45) is 0 Å². The van der Waals surface area contributed by atoms with Crippen LogP contribution in [0.15, 0.2) is 0 Å². The van der Waals surface area contributed by atoms with Gasteiger partial charge in [-0.15, -0.1) is 0 Å². The number of methoxy groups -OCH3 is 1. The van der Waals surface area contributed by atoms with Gasteiger partial charge in [0.2, 0.25) is 0 Å². The van der Waals surface area contributed by atoms with Crippen LogP contribution in [0.3, 0.4) is 0 Å². The van der Waals surface area contributed by atoms with Crippen molar-refractivity contribution in [2.45, 2.75) is 45.1 Å². The molecule has 4 nitrogen and oxygen atoms in total. The van der Waals surface area contributed by atoms with Crippen LogP contribution in [0.1, 0.15) is 39.0 Å². The lowest BCUT2D eigenvalue weighted by Crippen LogP contribution is -2.41. The Hall–Kier alpha value is -0.610. The summed E-state index contributed by atoms with van der Waals surface area (Å²) in [6.07, 6.45) is 5.16. The van der Waals surface area contributed by atoms with Gasteiger partial charge in [-0.25, -0.2) is 0 Å². The lowest BCUT2D eigenvalue weighted by Gasteiger charge is -2.35. The first-order valence-corrected chi connectivity index (χ1v) is 6.66. The first-order chi connectivity index (χ1) is 8.27. The van der Waals surface area contributed by atoms with Crippen molar-refractivity contribution in [1.29, 1.82) is 0 Å². The molecule has 0 aromatic heterocycles. The van der Waals surface area contributed by atoms with Crippen LogP contribution in [0.4, 0.5) is 0 Å². The number of carbonyl (C=O) groups excluding carboxylic acids is 1. The van der Waals surface area contributed by atoms with E-state index in [0.29, 0.717) is 12.5 Å². The Labute approximate surface area is 104 Å². The monoisotopic (exact) mass is 243 g/mol. The zero-order chi connectivity index (χ0) is 12.5. The van der Waals surface area contributed by atoms with E-state index in [1.165, 1.54) is 20.0 Å². The third-order valence-electron chi connectivity index (χ3n) is 3.32. The van der Waals surface area contributed by atoms with Gasteiger partial charge in [0.1, 0.15) is 0 Å². The van der Waals surface area contributed by atoms with Gasteiger partial charge in [-0.3, -0.25) is 9.69 Å². The van der Waals surface area contributed by atoms with E-state index in [9.17, 15) is 4.79 Å². The number of likely N-dealkylation sites (tertiary alicyclic amines) is 1. The van der Waals surface area contributed by atoms with Gasteiger partial charge >= 0.3 is 5.97 Å². The van der Waals surface area contributed by atoms with Crippen LogP contribution in [0.2, 0.25) is 0 Å². The van der Waals surface area contributed by atoms with Crippen molar-refractivity contribution in [3.8, 4) is 0 Å². The molecule has 0 amide bonds. The van der Waals surface area contributed by atoms with Gasteiger partial charge in [0.15, 0.2) is 0 Å². The minimum absolute atomic E-state index is 0.0910. The van der Waals surface area contributed by atoms with Crippen molar-refractivity contribution in [3.05, 3.63) is 0 Å². The summed E-state index contributed by atoms with van der Waals surface area (Å²) in [7, 11) is 1.46.